The van der Waals surface area contributed by atoms with Gasteiger partial charge in [-0.25, -0.2) is 4.79 Å². The number of hydrogen-bond donors (Lipinski definition) is 2. The van der Waals surface area contributed by atoms with Crippen molar-refractivity contribution in [3.63, 3.8) is 0 Å². The highest BCUT2D eigenvalue weighted by atomic mass is 35.5. The predicted octanol–water partition coefficient (Wildman–Crippen LogP) is 4.05. The summed E-state index contributed by atoms with van der Waals surface area (Å²) >= 11 is 6.18. The van der Waals surface area contributed by atoms with E-state index in [1.54, 1.807) is 32.3 Å². The van der Waals surface area contributed by atoms with Gasteiger partial charge < -0.3 is 15.5 Å². The predicted molar refractivity (Wildman–Crippen MR) is 97.7 cm³/mol. The first-order valence-electron chi connectivity index (χ1n) is 8.21. The quantitative estimate of drug-likeness (QED) is 0.787. The van der Waals surface area contributed by atoms with Gasteiger partial charge in [-0.3, -0.25) is 4.79 Å². The Balaban J connectivity index is 1.89. The molecule has 0 aromatic heterocycles. The largest absolute Gasteiger partial charge is 0.352 e. The zero-order valence-electron chi connectivity index (χ0n) is 14.2. The summed E-state index contributed by atoms with van der Waals surface area (Å²) in [5.41, 5.74) is 2.40. The van der Waals surface area contributed by atoms with E-state index >= 15 is 0 Å². The van der Waals surface area contributed by atoms with Crippen LogP contribution in [0.15, 0.2) is 29.8 Å². The fourth-order valence-electron chi connectivity index (χ4n) is 2.58. The smallest absolute Gasteiger partial charge is 0.321 e. The Kier molecular flexibility index (Phi) is 6.67. The van der Waals surface area contributed by atoms with Crippen LogP contribution in [0.2, 0.25) is 5.02 Å². The number of hydrogen-bond acceptors (Lipinski definition) is 2. The molecular formula is C18H24ClN3O2. The van der Waals surface area contributed by atoms with E-state index in [0.717, 1.165) is 19.3 Å². The summed E-state index contributed by atoms with van der Waals surface area (Å²) in [5, 5.41) is 5.92. The summed E-state index contributed by atoms with van der Waals surface area (Å²) in [4.78, 5) is 25.3. The molecule has 0 radical (unpaired) electrons. The average Bonchev–Trinajstić information content (AvgIpc) is 2.55. The molecule has 1 aliphatic rings. The second-order valence-electron chi connectivity index (χ2n) is 6.13. The fourth-order valence-corrected chi connectivity index (χ4v) is 2.84. The molecule has 0 bridgehead atoms. The van der Waals surface area contributed by atoms with Gasteiger partial charge in [-0.2, -0.15) is 0 Å². The zero-order chi connectivity index (χ0) is 17.5. The molecule has 6 heteroatoms. The molecule has 3 amide bonds. The Bertz CT molecular complexity index is 641. The minimum atomic E-state index is -0.246. The molecule has 0 saturated heterocycles. The van der Waals surface area contributed by atoms with Crippen LogP contribution in [0.25, 0.3) is 0 Å². The van der Waals surface area contributed by atoms with Gasteiger partial charge in [0.15, 0.2) is 0 Å². The second kappa shape index (κ2) is 8.73. The number of rotatable bonds is 5. The molecule has 130 valence electrons. The highest BCUT2D eigenvalue weighted by Crippen LogP contribution is 2.22. The van der Waals surface area contributed by atoms with E-state index in [-0.39, 0.29) is 11.9 Å². The molecule has 0 atom stereocenters. The van der Waals surface area contributed by atoms with E-state index < -0.39 is 0 Å². The summed E-state index contributed by atoms with van der Waals surface area (Å²) in [6.45, 7) is 0.611. The lowest BCUT2D eigenvalue weighted by Gasteiger charge is -2.14. The van der Waals surface area contributed by atoms with Crippen molar-refractivity contribution in [2.75, 3.05) is 26.0 Å². The molecule has 24 heavy (non-hydrogen) atoms. The first-order chi connectivity index (χ1) is 11.5. The molecule has 1 aromatic rings. The van der Waals surface area contributed by atoms with E-state index in [9.17, 15) is 9.59 Å². The van der Waals surface area contributed by atoms with Crippen LogP contribution in [0.1, 0.15) is 42.5 Å². The minimum Gasteiger partial charge on any atom is -0.352 e. The molecule has 5 nitrogen and oxygen atoms in total. The van der Waals surface area contributed by atoms with Crippen molar-refractivity contribution in [1.29, 1.82) is 0 Å². The van der Waals surface area contributed by atoms with Crippen molar-refractivity contribution in [2.24, 2.45) is 0 Å². The van der Waals surface area contributed by atoms with Crippen LogP contribution in [-0.4, -0.2) is 37.5 Å². The van der Waals surface area contributed by atoms with Crippen LogP contribution in [0, 0.1) is 0 Å². The van der Waals surface area contributed by atoms with Crippen molar-refractivity contribution in [3.05, 3.63) is 40.4 Å². The third-order valence-corrected chi connectivity index (χ3v) is 4.30. The van der Waals surface area contributed by atoms with Gasteiger partial charge in [-0.1, -0.05) is 23.3 Å². The molecule has 2 N–H and O–H groups in total. The lowest BCUT2D eigenvalue weighted by atomic mass is 9.97. The maximum absolute atomic E-state index is 12.2. The Morgan fingerprint density at radius 3 is 2.67 bits per heavy atom. The Morgan fingerprint density at radius 2 is 2.04 bits per heavy atom. The van der Waals surface area contributed by atoms with Crippen molar-refractivity contribution in [1.82, 2.24) is 10.2 Å². The van der Waals surface area contributed by atoms with Crippen LogP contribution in [0.4, 0.5) is 10.5 Å². The number of allylic oxidation sites excluding steroid dienone is 1. The SMILES string of the molecule is CN(C)C(=O)Nc1ccc(C(=O)NCCC2=CCCCC2)c(Cl)c1. The number of carbonyl (C=O) groups excluding carboxylic acids is 2. The van der Waals surface area contributed by atoms with Crippen LogP contribution >= 0.6 is 11.6 Å². The van der Waals surface area contributed by atoms with E-state index in [1.807, 2.05) is 0 Å². The number of nitrogens with one attached hydrogen (secondary N) is 2. The Labute approximate surface area is 148 Å². The minimum absolute atomic E-state index is 0.193. The lowest BCUT2D eigenvalue weighted by molar-refractivity contribution is 0.0954. The highest BCUT2D eigenvalue weighted by molar-refractivity contribution is 6.34. The molecule has 0 fully saturated rings. The van der Waals surface area contributed by atoms with Crippen LogP contribution in [-0.2, 0) is 0 Å². The van der Waals surface area contributed by atoms with Crippen molar-refractivity contribution >= 4 is 29.2 Å². The average molecular weight is 350 g/mol. The van der Waals surface area contributed by atoms with Gasteiger partial charge in [0.05, 0.1) is 10.6 Å². The summed E-state index contributed by atoms with van der Waals surface area (Å²) in [7, 11) is 3.31. The second-order valence-corrected chi connectivity index (χ2v) is 6.54. The third-order valence-electron chi connectivity index (χ3n) is 3.99. The van der Waals surface area contributed by atoms with Gasteiger partial charge in [0, 0.05) is 26.3 Å². The number of nitrogens with zero attached hydrogens (tertiary/aromatic N) is 1. The molecule has 0 saturated carbocycles. The molecule has 0 aliphatic heterocycles. The molecular weight excluding hydrogens is 326 g/mol. The van der Waals surface area contributed by atoms with Gasteiger partial charge in [0.25, 0.3) is 5.91 Å². The van der Waals surface area contributed by atoms with Crippen LogP contribution < -0.4 is 10.6 Å². The number of urea groups is 1. The van der Waals surface area contributed by atoms with Gasteiger partial charge in [0.1, 0.15) is 0 Å². The molecule has 0 heterocycles. The van der Waals surface area contributed by atoms with Gasteiger partial charge in [0.2, 0.25) is 0 Å². The first kappa shape index (κ1) is 18.3. The van der Waals surface area contributed by atoms with Gasteiger partial charge in [-0.15, -0.1) is 0 Å². The number of anilines is 1. The normalized spacial score (nSPS) is 13.9. The van der Waals surface area contributed by atoms with E-state index in [4.69, 9.17) is 11.6 Å². The van der Waals surface area contributed by atoms with Crippen LogP contribution in [0.5, 0.6) is 0 Å². The Morgan fingerprint density at radius 1 is 1.25 bits per heavy atom. The third kappa shape index (κ3) is 5.27. The zero-order valence-corrected chi connectivity index (χ0v) is 14.9. The lowest BCUT2D eigenvalue weighted by Crippen LogP contribution is -2.27. The number of benzene rings is 1. The van der Waals surface area contributed by atoms with Crippen molar-refractivity contribution in [2.45, 2.75) is 32.1 Å². The number of amides is 3. The fraction of sp³-hybridized carbons (Fsp3) is 0.444. The molecule has 1 aliphatic carbocycles. The van der Waals surface area contributed by atoms with Crippen molar-refractivity contribution in [3.8, 4) is 0 Å². The monoisotopic (exact) mass is 349 g/mol. The van der Waals surface area contributed by atoms with Gasteiger partial charge in [-0.05, 0) is 50.3 Å². The van der Waals surface area contributed by atoms with Crippen LogP contribution in [0.3, 0.4) is 0 Å². The number of carbonyl (C=O) groups is 2. The highest BCUT2D eigenvalue weighted by Gasteiger charge is 2.12. The van der Waals surface area contributed by atoms with E-state index in [2.05, 4.69) is 16.7 Å². The maximum Gasteiger partial charge on any atom is 0.321 e. The molecule has 0 unspecified atom stereocenters. The topological polar surface area (TPSA) is 61.4 Å². The van der Waals surface area contributed by atoms with E-state index in [0.29, 0.717) is 22.8 Å². The van der Waals surface area contributed by atoms with Crippen molar-refractivity contribution < 1.29 is 9.59 Å². The maximum atomic E-state index is 12.2. The molecule has 1 aromatic carbocycles. The summed E-state index contributed by atoms with van der Waals surface area (Å²) in [5.74, 6) is -0.193. The van der Waals surface area contributed by atoms with Gasteiger partial charge >= 0.3 is 6.03 Å². The molecule has 0 spiro atoms. The molecule has 2 rings (SSSR count). The first-order valence-corrected chi connectivity index (χ1v) is 8.59. The standard InChI is InChI=1S/C18H24ClN3O2/c1-22(2)18(24)21-14-8-9-15(16(19)12-14)17(23)20-11-10-13-6-4-3-5-7-13/h6,8-9,12H,3-5,7,10-11H2,1-2H3,(H,20,23)(H,21,24). The number of halogens is 1. The Hall–Kier alpha value is -2.01. The summed E-state index contributed by atoms with van der Waals surface area (Å²) < 4.78 is 0. The van der Waals surface area contributed by atoms with E-state index in [1.165, 1.54) is 23.3 Å². The summed E-state index contributed by atoms with van der Waals surface area (Å²) in [6, 6.07) is 4.64. The summed E-state index contributed by atoms with van der Waals surface area (Å²) in [6.07, 6.45) is 7.96.